The van der Waals surface area contributed by atoms with Crippen LogP contribution in [0.1, 0.15) is 28.7 Å². The number of carbonyl (C=O) groups excluding carboxylic acids is 2. The first-order valence-corrected chi connectivity index (χ1v) is 12.9. The van der Waals surface area contributed by atoms with Crippen LogP contribution in [0.3, 0.4) is 0 Å². The maximum absolute atomic E-state index is 12.9. The molecule has 182 valence electrons. The number of hydrogen-bond acceptors (Lipinski definition) is 6. The van der Waals surface area contributed by atoms with Gasteiger partial charge in [-0.25, -0.2) is 0 Å². The highest BCUT2D eigenvalue weighted by Crippen LogP contribution is 2.38. The molecule has 3 aromatic rings. The number of nitrogens with zero attached hydrogens (tertiary/aromatic N) is 2. The minimum atomic E-state index is -0.294. The average Bonchev–Trinajstić information content (AvgIpc) is 3.16. The van der Waals surface area contributed by atoms with E-state index in [1.165, 1.54) is 17.6 Å². The first-order valence-electron chi connectivity index (χ1n) is 11.3. The van der Waals surface area contributed by atoms with Crippen molar-refractivity contribution in [2.45, 2.75) is 19.4 Å². The number of halogens is 1. The van der Waals surface area contributed by atoms with Crippen molar-refractivity contribution >= 4 is 44.9 Å². The monoisotopic (exact) mass is 562 g/mol. The first kappa shape index (κ1) is 25.5. The number of nitriles is 1. The third kappa shape index (κ3) is 5.99. The summed E-state index contributed by atoms with van der Waals surface area (Å²) < 4.78 is 12.1. The largest absolute Gasteiger partial charge is 0.493 e. The summed E-state index contributed by atoms with van der Waals surface area (Å²) in [4.78, 5) is 27.1. The summed E-state index contributed by atoms with van der Waals surface area (Å²) in [6, 6.07) is 22.9. The van der Waals surface area contributed by atoms with Crippen LogP contribution >= 0.6 is 27.7 Å². The lowest BCUT2D eigenvalue weighted by Crippen LogP contribution is -2.29. The molecule has 8 heteroatoms. The van der Waals surface area contributed by atoms with Crippen LogP contribution in [0.15, 0.2) is 76.1 Å². The highest BCUT2D eigenvalue weighted by molar-refractivity contribution is 9.10. The predicted octanol–water partition coefficient (Wildman–Crippen LogP) is 6.58. The molecular weight excluding hydrogens is 540 g/mol. The topological polar surface area (TPSA) is 79.6 Å². The number of benzene rings is 3. The van der Waals surface area contributed by atoms with Crippen molar-refractivity contribution < 1.29 is 19.1 Å². The highest BCUT2D eigenvalue weighted by Gasteiger charge is 2.34. The standard InChI is InChI=1S/C28H23BrN2O4S/c1-34-24-14-22(23(29)16-25(24)35-18-21-12-6-5-11-20(21)17-30)15-26-27(32)31(28(33)36-26)13-7-10-19-8-3-2-4-9-19/h2-6,8-9,11-12,14-16H,7,10,13,18H2,1H3/b26-15+. The molecule has 2 amide bonds. The molecule has 3 aromatic carbocycles. The van der Waals surface area contributed by atoms with E-state index in [9.17, 15) is 14.9 Å². The Balaban J connectivity index is 1.46. The molecular formula is C28H23BrN2O4S. The van der Waals surface area contributed by atoms with E-state index >= 15 is 0 Å². The SMILES string of the molecule is COc1cc(/C=C2/SC(=O)N(CCCc3ccccc3)C2=O)c(Br)cc1OCc1ccccc1C#N. The maximum atomic E-state index is 12.9. The van der Waals surface area contributed by atoms with E-state index in [4.69, 9.17) is 9.47 Å². The Morgan fingerprint density at radius 3 is 2.56 bits per heavy atom. The number of rotatable bonds is 9. The van der Waals surface area contributed by atoms with Gasteiger partial charge in [0.2, 0.25) is 0 Å². The minimum Gasteiger partial charge on any atom is -0.493 e. The summed E-state index contributed by atoms with van der Waals surface area (Å²) in [5.41, 5.74) is 3.18. The zero-order valence-corrected chi connectivity index (χ0v) is 22.0. The van der Waals surface area contributed by atoms with Crippen LogP contribution in [0, 0.1) is 11.3 Å². The van der Waals surface area contributed by atoms with Crippen LogP contribution < -0.4 is 9.47 Å². The average molecular weight is 563 g/mol. The number of imide groups is 1. The second kappa shape index (κ2) is 11.9. The Labute approximate surface area is 222 Å². The smallest absolute Gasteiger partial charge is 0.293 e. The van der Waals surface area contributed by atoms with Crippen molar-refractivity contribution in [3.8, 4) is 17.6 Å². The molecule has 6 nitrogen and oxygen atoms in total. The molecule has 4 rings (SSSR count). The van der Waals surface area contributed by atoms with E-state index in [-0.39, 0.29) is 17.8 Å². The molecule has 0 N–H and O–H groups in total. The minimum absolute atomic E-state index is 0.202. The Kier molecular flexibility index (Phi) is 8.47. The molecule has 0 saturated carbocycles. The molecule has 0 radical (unpaired) electrons. The van der Waals surface area contributed by atoms with Gasteiger partial charge in [0.25, 0.3) is 11.1 Å². The van der Waals surface area contributed by atoms with Gasteiger partial charge in [-0.1, -0.05) is 64.5 Å². The van der Waals surface area contributed by atoms with Gasteiger partial charge < -0.3 is 9.47 Å². The molecule has 1 aliphatic heterocycles. The third-order valence-corrected chi connectivity index (χ3v) is 7.25. The van der Waals surface area contributed by atoms with Crippen LogP contribution in [-0.4, -0.2) is 29.7 Å². The molecule has 0 bridgehead atoms. The van der Waals surface area contributed by atoms with Gasteiger partial charge in [-0.05, 0) is 60.0 Å². The van der Waals surface area contributed by atoms with E-state index < -0.39 is 0 Å². The van der Waals surface area contributed by atoms with Crippen LogP contribution in [0.2, 0.25) is 0 Å². The van der Waals surface area contributed by atoms with Crippen LogP contribution in [0.4, 0.5) is 4.79 Å². The van der Waals surface area contributed by atoms with Crippen LogP contribution in [0.5, 0.6) is 11.5 Å². The van der Waals surface area contributed by atoms with Gasteiger partial charge in [0.15, 0.2) is 11.5 Å². The lowest BCUT2D eigenvalue weighted by Gasteiger charge is -2.14. The fourth-order valence-electron chi connectivity index (χ4n) is 3.76. The third-order valence-electron chi connectivity index (χ3n) is 5.65. The molecule has 1 fully saturated rings. The van der Waals surface area contributed by atoms with E-state index in [1.807, 2.05) is 42.5 Å². The van der Waals surface area contributed by atoms with Gasteiger partial charge in [-0.2, -0.15) is 5.26 Å². The van der Waals surface area contributed by atoms with E-state index in [0.29, 0.717) is 45.0 Å². The lowest BCUT2D eigenvalue weighted by atomic mass is 10.1. The Morgan fingerprint density at radius 2 is 1.81 bits per heavy atom. The number of methoxy groups -OCH3 is 1. The van der Waals surface area contributed by atoms with Crippen molar-refractivity contribution in [3.05, 3.63) is 98.4 Å². The Bertz CT molecular complexity index is 1350. The van der Waals surface area contributed by atoms with Crippen molar-refractivity contribution in [3.63, 3.8) is 0 Å². The molecule has 1 saturated heterocycles. The van der Waals surface area contributed by atoms with Crippen molar-refractivity contribution in [2.24, 2.45) is 0 Å². The quantitative estimate of drug-likeness (QED) is 0.274. The van der Waals surface area contributed by atoms with E-state index in [2.05, 4.69) is 22.0 Å². The van der Waals surface area contributed by atoms with E-state index in [1.54, 1.807) is 30.3 Å². The fourth-order valence-corrected chi connectivity index (χ4v) is 5.06. The van der Waals surface area contributed by atoms with Gasteiger partial charge in [-0.3, -0.25) is 14.5 Å². The lowest BCUT2D eigenvalue weighted by molar-refractivity contribution is -0.122. The molecule has 0 atom stereocenters. The zero-order valence-electron chi connectivity index (χ0n) is 19.6. The van der Waals surface area contributed by atoms with Crippen molar-refractivity contribution in [1.82, 2.24) is 4.90 Å². The fraction of sp³-hybridized carbons (Fsp3) is 0.179. The second-order valence-corrected chi connectivity index (χ2v) is 9.85. The Hall–Kier alpha value is -3.54. The highest BCUT2D eigenvalue weighted by atomic mass is 79.9. The molecule has 1 heterocycles. The molecule has 1 aliphatic rings. The number of aryl methyl sites for hydroxylation is 1. The van der Waals surface area contributed by atoms with Crippen LogP contribution in [0.25, 0.3) is 6.08 Å². The molecule has 36 heavy (non-hydrogen) atoms. The van der Waals surface area contributed by atoms with Gasteiger partial charge in [-0.15, -0.1) is 0 Å². The summed E-state index contributed by atoms with van der Waals surface area (Å²) in [5, 5.41) is 9.02. The molecule has 0 aromatic heterocycles. The summed E-state index contributed by atoms with van der Waals surface area (Å²) >= 11 is 4.47. The number of thioether (sulfide) groups is 1. The summed E-state index contributed by atoms with van der Waals surface area (Å²) in [7, 11) is 1.53. The van der Waals surface area contributed by atoms with E-state index in [0.717, 1.165) is 23.7 Å². The number of hydrogen-bond donors (Lipinski definition) is 0. The van der Waals surface area contributed by atoms with Gasteiger partial charge in [0.05, 0.1) is 23.6 Å². The molecule has 0 aliphatic carbocycles. The van der Waals surface area contributed by atoms with Crippen molar-refractivity contribution in [1.29, 1.82) is 5.26 Å². The van der Waals surface area contributed by atoms with Gasteiger partial charge in [0, 0.05) is 16.6 Å². The number of amides is 2. The molecule has 0 spiro atoms. The zero-order chi connectivity index (χ0) is 25.5. The predicted molar refractivity (Wildman–Crippen MR) is 144 cm³/mol. The number of ether oxygens (including phenoxy) is 2. The summed E-state index contributed by atoms with van der Waals surface area (Å²) in [5.74, 6) is 0.668. The van der Waals surface area contributed by atoms with Crippen molar-refractivity contribution in [2.75, 3.05) is 13.7 Å². The normalized spacial score (nSPS) is 14.2. The summed E-state index contributed by atoms with van der Waals surface area (Å²) in [6.45, 7) is 0.575. The number of carbonyl (C=O) groups is 2. The van der Waals surface area contributed by atoms with Crippen LogP contribution in [-0.2, 0) is 17.8 Å². The Morgan fingerprint density at radius 1 is 1.06 bits per heavy atom. The summed E-state index contributed by atoms with van der Waals surface area (Å²) in [6.07, 6.45) is 3.18. The molecule has 0 unspecified atom stereocenters. The second-order valence-electron chi connectivity index (χ2n) is 8.00. The van der Waals surface area contributed by atoms with Gasteiger partial charge >= 0.3 is 0 Å². The van der Waals surface area contributed by atoms with Gasteiger partial charge in [0.1, 0.15) is 6.61 Å². The first-order chi connectivity index (χ1) is 17.5. The maximum Gasteiger partial charge on any atom is 0.293 e.